The number of aromatic hydroxyl groups is 1. The maximum Gasteiger partial charge on any atom is 0.290 e. The average molecular weight is 431 g/mol. The molecule has 7 heteroatoms. The van der Waals surface area contributed by atoms with Gasteiger partial charge in [-0.15, -0.1) is 0 Å². The predicted molar refractivity (Wildman–Crippen MR) is 117 cm³/mol. The fourth-order valence-corrected chi connectivity index (χ4v) is 3.68. The molecule has 2 heterocycles. The van der Waals surface area contributed by atoms with E-state index < -0.39 is 23.5 Å². The van der Waals surface area contributed by atoms with Crippen LogP contribution in [0.3, 0.4) is 0 Å². The van der Waals surface area contributed by atoms with Crippen molar-refractivity contribution in [2.45, 2.75) is 12.6 Å². The minimum absolute atomic E-state index is 0.0446. The van der Waals surface area contributed by atoms with Gasteiger partial charge in [-0.1, -0.05) is 42.5 Å². The molecule has 1 amide bonds. The van der Waals surface area contributed by atoms with Crippen LogP contribution in [0.15, 0.2) is 88.8 Å². The van der Waals surface area contributed by atoms with Gasteiger partial charge in [0.05, 0.1) is 31.5 Å². The molecular weight excluding hydrogens is 410 g/mol. The highest BCUT2D eigenvalue weighted by Crippen LogP contribution is 2.41. The first-order chi connectivity index (χ1) is 15.5. The van der Waals surface area contributed by atoms with Crippen molar-refractivity contribution in [3.63, 3.8) is 0 Å². The Balaban J connectivity index is 1.75. The van der Waals surface area contributed by atoms with Crippen LogP contribution in [0.25, 0.3) is 6.08 Å². The van der Waals surface area contributed by atoms with Crippen LogP contribution in [0.2, 0.25) is 0 Å². The third-order valence-electron chi connectivity index (χ3n) is 5.22. The standard InChI is InChI=1S/C25H21NO6/c1-31-21-14-17(10-12-19(21)27)23-22(20(28)11-9-16-6-3-2-4-7-16)24(29)25(30)26(23)15-18-8-5-13-32-18/h2-14,23,27,29H,15H2,1H3/b11-9+/t23-/m1/s1. The van der Waals surface area contributed by atoms with Crippen molar-refractivity contribution >= 4 is 17.8 Å². The maximum atomic E-state index is 13.1. The van der Waals surface area contributed by atoms with E-state index in [9.17, 15) is 19.8 Å². The summed E-state index contributed by atoms with van der Waals surface area (Å²) in [6.07, 6.45) is 4.43. The first-order valence-electron chi connectivity index (χ1n) is 9.90. The number of furan rings is 1. The topological polar surface area (TPSA) is 100 Å². The van der Waals surface area contributed by atoms with Gasteiger partial charge in [0, 0.05) is 0 Å². The lowest BCUT2D eigenvalue weighted by Gasteiger charge is -2.26. The zero-order valence-corrected chi connectivity index (χ0v) is 17.3. The fourth-order valence-electron chi connectivity index (χ4n) is 3.68. The first-order valence-corrected chi connectivity index (χ1v) is 9.90. The van der Waals surface area contributed by atoms with Crippen LogP contribution < -0.4 is 4.74 Å². The second-order valence-electron chi connectivity index (χ2n) is 7.22. The highest BCUT2D eigenvalue weighted by Gasteiger charge is 2.43. The summed E-state index contributed by atoms with van der Waals surface area (Å²) in [7, 11) is 1.40. The number of ether oxygens (including phenoxy) is 1. The summed E-state index contributed by atoms with van der Waals surface area (Å²) in [6.45, 7) is 0.0446. The Morgan fingerprint density at radius 2 is 1.91 bits per heavy atom. The van der Waals surface area contributed by atoms with Crippen LogP contribution in [0.1, 0.15) is 22.9 Å². The van der Waals surface area contributed by atoms with Crippen LogP contribution in [0, 0.1) is 0 Å². The molecule has 4 rings (SSSR count). The summed E-state index contributed by atoms with van der Waals surface area (Å²) in [5.41, 5.74) is 1.25. The number of aliphatic hydroxyl groups is 1. The molecule has 3 aromatic rings. The molecule has 162 valence electrons. The number of benzene rings is 2. The van der Waals surface area contributed by atoms with E-state index in [0.717, 1.165) is 5.56 Å². The number of ketones is 1. The predicted octanol–water partition coefficient (Wildman–Crippen LogP) is 4.17. The molecule has 1 aliphatic rings. The minimum atomic E-state index is -0.893. The molecule has 0 spiro atoms. The number of carbonyl (C=O) groups is 2. The second kappa shape index (κ2) is 8.85. The Morgan fingerprint density at radius 3 is 2.59 bits per heavy atom. The zero-order valence-electron chi connectivity index (χ0n) is 17.3. The lowest BCUT2D eigenvalue weighted by atomic mass is 9.95. The van der Waals surface area contributed by atoms with Gasteiger partial charge in [0.15, 0.2) is 23.0 Å². The molecule has 2 aromatic carbocycles. The molecule has 32 heavy (non-hydrogen) atoms. The van der Waals surface area contributed by atoms with Crippen molar-refractivity contribution in [3.05, 3.63) is 101 Å². The number of aliphatic hydroxyl groups excluding tert-OH is 1. The number of allylic oxidation sites excluding steroid dienone is 1. The molecule has 0 aliphatic carbocycles. The molecule has 0 saturated carbocycles. The van der Waals surface area contributed by atoms with Crippen molar-refractivity contribution in [2.75, 3.05) is 7.11 Å². The van der Waals surface area contributed by atoms with Gasteiger partial charge in [-0.2, -0.15) is 0 Å². The zero-order chi connectivity index (χ0) is 22.7. The summed E-state index contributed by atoms with van der Waals surface area (Å²) in [5, 5.41) is 20.6. The van der Waals surface area contributed by atoms with Gasteiger partial charge in [-0.25, -0.2) is 0 Å². The van der Waals surface area contributed by atoms with Gasteiger partial charge in [0.1, 0.15) is 5.76 Å². The van der Waals surface area contributed by atoms with E-state index in [4.69, 9.17) is 9.15 Å². The van der Waals surface area contributed by atoms with Crippen molar-refractivity contribution in [2.24, 2.45) is 0 Å². The monoisotopic (exact) mass is 431 g/mol. The summed E-state index contributed by atoms with van der Waals surface area (Å²) in [6, 6.07) is 16.3. The van der Waals surface area contributed by atoms with Gasteiger partial charge in [0.25, 0.3) is 5.91 Å². The number of nitrogens with zero attached hydrogens (tertiary/aromatic N) is 1. The summed E-state index contributed by atoms with van der Waals surface area (Å²) in [4.78, 5) is 27.4. The minimum Gasteiger partial charge on any atom is -0.504 e. The number of rotatable bonds is 7. The molecule has 0 saturated heterocycles. The third kappa shape index (κ3) is 4.00. The van der Waals surface area contributed by atoms with Crippen LogP contribution >= 0.6 is 0 Å². The first kappa shape index (κ1) is 21.0. The smallest absolute Gasteiger partial charge is 0.290 e. The summed E-state index contributed by atoms with van der Waals surface area (Å²) in [5.74, 6) is -1.20. The molecule has 0 bridgehead atoms. The maximum absolute atomic E-state index is 13.1. The lowest BCUT2D eigenvalue weighted by Crippen LogP contribution is -2.30. The Labute approximate surface area is 184 Å². The van der Waals surface area contributed by atoms with Crippen molar-refractivity contribution < 1.29 is 29.0 Å². The van der Waals surface area contributed by atoms with Gasteiger partial charge in [0.2, 0.25) is 0 Å². The van der Waals surface area contributed by atoms with Crippen molar-refractivity contribution in [1.82, 2.24) is 4.90 Å². The molecular formula is C25H21NO6. The Morgan fingerprint density at radius 1 is 1.12 bits per heavy atom. The highest BCUT2D eigenvalue weighted by atomic mass is 16.5. The fraction of sp³-hybridized carbons (Fsp3) is 0.120. The van der Waals surface area contributed by atoms with E-state index in [1.807, 2.05) is 30.3 Å². The van der Waals surface area contributed by atoms with Crippen LogP contribution in [0.5, 0.6) is 11.5 Å². The van der Waals surface area contributed by atoms with Gasteiger partial charge >= 0.3 is 0 Å². The summed E-state index contributed by atoms with van der Waals surface area (Å²) < 4.78 is 10.6. The van der Waals surface area contributed by atoms with E-state index in [-0.39, 0.29) is 23.6 Å². The lowest BCUT2D eigenvalue weighted by molar-refractivity contribution is -0.130. The number of hydrogen-bond donors (Lipinski definition) is 2. The Kier molecular flexibility index (Phi) is 5.81. The quantitative estimate of drug-likeness (QED) is 0.545. The summed E-state index contributed by atoms with van der Waals surface area (Å²) >= 11 is 0. The number of amides is 1. The van der Waals surface area contributed by atoms with E-state index in [1.54, 1.807) is 24.3 Å². The highest BCUT2D eigenvalue weighted by molar-refractivity contribution is 6.14. The SMILES string of the molecule is COc1cc([C@@H]2C(C(=O)/C=C/c3ccccc3)=C(O)C(=O)N2Cc2ccco2)ccc1O. The molecule has 0 radical (unpaired) electrons. The second-order valence-corrected chi connectivity index (χ2v) is 7.22. The van der Waals surface area contributed by atoms with Gasteiger partial charge in [-0.05, 0) is 41.5 Å². The number of methoxy groups -OCH3 is 1. The van der Waals surface area contributed by atoms with Crippen molar-refractivity contribution in [3.8, 4) is 11.5 Å². The van der Waals surface area contributed by atoms with E-state index in [1.165, 1.54) is 36.5 Å². The van der Waals surface area contributed by atoms with Gasteiger partial charge < -0.3 is 24.3 Å². The Bertz CT molecular complexity index is 1190. The van der Waals surface area contributed by atoms with Crippen LogP contribution in [-0.2, 0) is 16.1 Å². The Hall–Kier alpha value is -4.26. The molecule has 1 aromatic heterocycles. The largest absolute Gasteiger partial charge is 0.504 e. The molecule has 1 aliphatic heterocycles. The van der Waals surface area contributed by atoms with E-state index in [2.05, 4.69) is 0 Å². The average Bonchev–Trinajstić information content (AvgIpc) is 3.41. The van der Waals surface area contributed by atoms with E-state index >= 15 is 0 Å². The molecule has 1 atom stereocenters. The van der Waals surface area contributed by atoms with Crippen LogP contribution in [-0.4, -0.2) is 33.9 Å². The number of carbonyl (C=O) groups excluding carboxylic acids is 2. The number of hydrogen-bond acceptors (Lipinski definition) is 6. The normalized spacial score (nSPS) is 16.2. The van der Waals surface area contributed by atoms with Gasteiger partial charge in [-0.3, -0.25) is 9.59 Å². The molecule has 7 nitrogen and oxygen atoms in total. The molecule has 0 fully saturated rings. The molecule has 0 unspecified atom stereocenters. The number of phenols is 1. The van der Waals surface area contributed by atoms with Crippen molar-refractivity contribution in [1.29, 1.82) is 0 Å². The van der Waals surface area contributed by atoms with E-state index in [0.29, 0.717) is 11.3 Å². The third-order valence-corrected chi connectivity index (χ3v) is 5.22. The number of phenolic OH excluding ortho intramolecular Hbond substituents is 1. The van der Waals surface area contributed by atoms with Crippen LogP contribution in [0.4, 0.5) is 0 Å². The molecule has 2 N–H and O–H groups in total.